The van der Waals surface area contributed by atoms with E-state index in [0.29, 0.717) is 11.5 Å². The van der Waals surface area contributed by atoms with Crippen molar-refractivity contribution in [1.82, 2.24) is 5.32 Å². The molecule has 120 valence electrons. The first kappa shape index (κ1) is 18.4. The number of hydrogen-bond donors (Lipinski definition) is 2. The van der Waals surface area contributed by atoms with E-state index in [2.05, 4.69) is 63.0 Å². The smallest absolute Gasteiger partial charge is 0.257 e. The van der Waals surface area contributed by atoms with Gasteiger partial charge in [0.1, 0.15) is 0 Å². The summed E-state index contributed by atoms with van der Waals surface area (Å²) in [6.45, 7) is 4.24. The van der Waals surface area contributed by atoms with Crippen LogP contribution in [0.1, 0.15) is 35.7 Å². The van der Waals surface area contributed by atoms with Gasteiger partial charge in [-0.1, -0.05) is 41.9 Å². The summed E-state index contributed by atoms with van der Waals surface area (Å²) in [5, 5.41) is 6.02. The number of hydrogen-bond acceptors (Lipinski definition) is 2. The lowest BCUT2D eigenvalue weighted by atomic mass is 10.0. The van der Waals surface area contributed by atoms with E-state index in [1.165, 1.54) is 5.56 Å². The SMILES string of the molecule is CC(C)c1ccc(C(=O)NC(=S)Nc2ccc(Br)cc2I)cc1. The van der Waals surface area contributed by atoms with Gasteiger partial charge >= 0.3 is 0 Å². The van der Waals surface area contributed by atoms with E-state index in [1.807, 2.05) is 42.5 Å². The normalized spacial score (nSPS) is 10.5. The third kappa shape index (κ3) is 5.26. The number of carbonyl (C=O) groups is 1. The molecule has 0 aliphatic heterocycles. The van der Waals surface area contributed by atoms with Crippen molar-refractivity contribution in [2.24, 2.45) is 0 Å². The highest BCUT2D eigenvalue weighted by atomic mass is 127. The Morgan fingerprint density at radius 2 is 1.83 bits per heavy atom. The second-order valence-electron chi connectivity index (χ2n) is 5.31. The fraction of sp³-hybridized carbons (Fsp3) is 0.176. The highest BCUT2D eigenvalue weighted by Crippen LogP contribution is 2.22. The molecule has 0 fully saturated rings. The van der Waals surface area contributed by atoms with E-state index in [-0.39, 0.29) is 11.0 Å². The molecule has 0 saturated carbocycles. The van der Waals surface area contributed by atoms with Crippen molar-refractivity contribution in [3.05, 3.63) is 61.6 Å². The Kier molecular flexibility index (Phi) is 6.55. The average Bonchev–Trinajstić information content (AvgIpc) is 2.50. The van der Waals surface area contributed by atoms with Gasteiger partial charge in [0.15, 0.2) is 5.11 Å². The molecule has 6 heteroatoms. The molecule has 0 saturated heterocycles. The number of carbonyl (C=O) groups excluding carboxylic acids is 1. The third-order valence-corrected chi connectivity index (χ3v) is 4.84. The van der Waals surface area contributed by atoms with Crippen LogP contribution in [-0.2, 0) is 0 Å². The van der Waals surface area contributed by atoms with Crippen LogP contribution in [0.4, 0.5) is 5.69 Å². The van der Waals surface area contributed by atoms with E-state index in [1.54, 1.807) is 0 Å². The molecule has 2 aromatic carbocycles. The van der Waals surface area contributed by atoms with Crippen LogP contribution in [0.15, 0.2) is 46.9 Å². The Morgan fingerprint density at radius 3 is 2.39 bits per heavy atom. The van der Waals surface area contributed by atoms with Crippen molar-refractivity contribution in [2.75, 3.05) is 5.32 Å². The van der Waals surface area contributed by atoms with Crippen LogP contribution < -0.4 is 10.6 Å². The monoisotopic (exact) mass is 502 g/mol. The fourth-order valence-electron chi connectivity index (χ4n) is 1.94. The number of halogens is 2. The minimum atomic E-state index is -0.218. The number of thiocarbonyl (C=S) groups is 1. The summed E-state index contributed by atoms with van der Waals surface area (Å²) in [6, 6.07) is 13.4. The summed E-state index contributed by atoms with van der Waals surface area (Å²) in [7, 11) is 0. The van der Waals surface area contributed by atoms with Gasteiger partial charge in [-0.15, -0.1) is 0 Å². The van der Waals surface area contributed by atoms with Gasteiger partial charge in [0.05, 0.1) is 5.69 Å². The Morgan fingerprint density at radius 1 is 1.17 bits per heavy atom. The molecule has 0 spiro atoms. The number of amides is 1. The lowest BCUT2D eigenvalue weighted by Crippen LogP contribution is -2.34. The van der Waals surface area contributed by atoms with Crippen molar-refractivity contribution < 1.29 is 4.79 Å². The maximum atomic E-state index is 12.2. The highest BCUT2D eigenvalue weighted by molar-refractivity contribution is 14.1. The molecule has 0 bridgehead atoms. The molecule has 0 aliphatic rings. The first-order valence-corrected chi connectivity index (χ1v) is 9.32. The maximum Gasteiger partial charge on any atom is 0.257 e. The summed E-state index contributed by atoms with van der Waals surface area (Å²) in [5.74, 6) is 0.222. The minimum absolute atomic E-state index is 0.218. The zero-order chi connectivity index (χ0) is 17.0. The molecule has 1 amide bonds. The fourth-order valence-corrected chi connectivity index (χ4v) is 3.58. The van der Waals surface area contributed by atoms with Gasteiger partial charge in [0.2, 0.25) is 0 Å². The lowest BCUT2D eigenvalue weighted by Gasteiger charge is -2.12. The molecular formula is C17H16BrIN2OS. The minimum Gasteiger partial charge on any atom is -0.332 e. The quantitative estimate of drug-likeness (QED) is 0.441. The van der Waals surface area contributed by atoms with Gasteiger partial charge < -0.3 is 5.32 Å². The van der Waals surface area contributed by atoms with Crippen molar-refractivity contribution in [2.45, 2.75) is 19.8 Å². The topological polar surface area (TPSA) is 41.1 Å². The number of anilines is 1. The largest absolute Gasteiger partial charge is 0.332 e. The van der Waals surface area contributed by atoms with E-state index < -0.39 is 0 Å². The van der Waals surface area contributed by atoms with Crippen LogP contribution in [0.25, 0.3) is 0 Å². The molecule has 23 heavy (non-hydrogen) atoms. The summed E-state index contributed by atoms with van der Waals surface area (Å²) >= 11 is 10.8. The first-order valence-electron chi connectivity index (χ1n) is 7.04. The van der Waals surface area contributed by atoms with Gasteiger partial charge in [-0.3, -0.25) is 10.1 Å². The van der Waals surface area contributed by atoms with Gasteiger partial charge in [-0.05, 0) is 76.6 Å². The molecule has 0 aromatic heterocycles. The number of rotatable bonds is 3. The predicted molar refractivity (Wildman–Crippen MR) is 111 cm³/mol. The summed E-state index contributed by atoms with van der Waals surface area (Å²) in [4.78, 5) is 12.2. The van der Waals surface area contributed by atoms with Crippen LogP contribution in [0.2, 0.25) is 0 Å². The highest BCUT2D eigenvalue weighted by Gasteiger charge is 2.10. The third-order valence-electron chi connectivity index (χ3n) is 3.25. The number of nitrogens with one attached hydrogen (secondary N) is 2. The second-order valence-corrected chi connectivity index (χ2v) is 7.80. The molecule has 0 radical (unpaired) electrons. The zero-order valence-corrected chi connectivity index (χ0v) is 17.3. The Balaban J connectivity index is 2.00. The number of benzene rings is 2. The Labute approximate surface area is 163 Å². The summed E-state index contributed by atoms with van der Waals surface area (Å²) in [5.41, 5.74) is 2.64. The molecule has 0 heterocycles. The average molecular weight is 503 g/mol. The first-order chi connectivity index (χ1) is 10.9. The lowest BCUT2D eigenvalue weighted by molar-refractivity contribution is 0.0977. The molecule has 0 unspecified atom stereocenters. The standard InChI is InChI=1S/C17H16BrIN2OS/c1-10(2)11-3-5-12(6-4-11)16(22)21-17(23)20-15-8-7-13(18)9-14(15)19/h3-10H,1-2H3,(H2,20,21,22,23). The molecule has 0 aliphatic carbocycles. The molecule has 0 atom stereocenters. The Hall–Kier alpha value is -0.990. The van der Waals surface area contributed by atoms with E-state index in [9.17, 15) is 4.79 Å². The van der Waals surface area contributed by atoms with Crippen LogP contribution in [0, 0.1) is 3.57 Å². The van der Waals surface area contributed by atoms with Crippen molar-refractivity contribution in [3.63, 3.8) is 0 Å². The van der Waals surface area contributed by atoms with E-state index >= 15 is 0 Å². The molecular weight excluding hydrogens is 487 g/mol. The predicted octanol–water partition coefficient (Wildman–Crippen LogP) is 5.30. The molecule has 2 rings (SSSR count). The zero-order valence-electron chi connectivity index (χ0n) is 12.7. The molecule has 2 N–H and O–H groups in total. The van der Waals surface area contributed by atoms with Crippen LogP contribution in [-0.4, -0.2) is 11.0 Å². The van der Waals surface area contributed by atoms with Gasteiger partial charge in [-0.25, -0.2) is 0 Å². The van der Waals surface area contributed by atoms with Gasteiger partial charge in [0, 0.05) is 13.6 Å². The van der Waals surface area contributed by atoms with Crippen molar-refractivity contribution in [3.8, 4) is 0 Å². The summed E-state index contributed by atoms with van der Waals surface area (Å²) < 4.78 is 2.00. The van der Waals surface area contributed by atoms with Crippen LogP contribution >= 0.6 is 50.7 Å². The van der Waals surface area contributed by atoms with Crippen LogP contribution in [0.3, 0.4) is 0 Å². The van der Waals surface area contributed by atoms with Crippen molar-refractivity contribution in [1.29, 1.82) is 0 Å². The maximum absolute atomic E-state index is 12.2. The Bertz CT molecular complexity index is 732. The van der Waals surface area contributed by atoms with Crippen LogP contribution in [0.5, 0.6) is 0 Å². The van der Waals surface area contributed by atoms with E-state index in [4.69, 9.17) is 12.2 Å². The molecule has 2 aromatic rings. The van der Waals surface area contributed by atoms with E-state index in [0.717, 1.165) is 13.7 Å². The van der Waals surface area contributed by atoms with Gasteiger partial charge in [0.25, 0.3) is 5.91 Å². The summed E-state index contributed by atoms with van der Waals surface area (Å²) in [6.07, 6.45) is 0. The van der Waals surface area contributed by atoms with Crippen molar-refractivity contribution >= 4 is 67.4 Å². The molecule has 3 nitrogen and oxygen atoms in total. The second kappa shape index (κ2) is 8.21. The van der Waals surface area contributed by atoms with Gasteiger partial charge in [-0.2, -0.15) is 0 Å².